The minimum atomic E-state index is -0.189. The number of ether oxygens (including phenoxy) is 1. The van der Waals surface area contributed by atoms with Gasteiger partial charge in [0.05, 0.1) is 12.5 Å². The fourth-order valence-electron chi connectivity index (χ4n) is 3.07. The van der Waals surface area contributed by atoms with Crippen LogP contribution in [0.4, 0.5) is 0 Å². The van der Waals surface area contributed by atoms with Crippen molar-refractivity contribution in [3.8, 4) is 0 Å². The summed E-state index contributed by atoms with van der Waals surface area (Å²) in [5, 5.41) is 3.48. The summed E-state index contributed by atoms with van der Waals surface area (Å²) < 4.78 is 4.97. The molecule has 1 heterocycles. The Bertz CT molecular complexity index is 215. The van der Waals surface area contributed by atoms with Gasteiger partial charge < -0.3 is 10.1 Å². The van der Waals surface area contributed by atoms with Crippen LogP contribution in [0.3, 0.4) is 0 Å². The summed E-state index contributed by atoms with van der Waals surface area (Å²) in [5.74, 6) is 0.00870. The molecule has 0 amide bonds. The zero-order chi connectivity index (χ0) is 10.0. The highest BCUT2D eigenvalue weighted by molar-refractivity contribution is 5.78. The van der Waals surface area contributed by atoms with Gasteiger partial charge in [0.25, 0.3) is 0 Å². The largest absolute Gasteiger partial charge is 0.469 e. The number of carbonyl (C=O) groups is 1. The molecule has 1 saturated heterocycles. The second kappa shape index (κ2) is 3.89. The van der Waals surface area contributed by atoms with Crippen LogP contribution in [-0.2, 0) is 9.53 Å². The van der Waals surface area contributed by atoms with E-state index >= 15 is 0 Å². The van der Waals surface area contributed by atoms with Crippen LogP contribution < -0.4 is 5.32 Å². The lowest BCUT2D eigenvalue weighted by Gasteiger charge is -2.45. The quantitative estimate of drug-likeness (QED) is 0.647. The maximum Gasteiger partial charge on any atom is 0.313 e. The van der Waals surface area contributed by atoms with E-state index in [0.29, 0.717) is 6.04 Å². The van der Waals surface area contributed by atoms with Gasteiger partial charge in [-0.15, -0.1) is 0 Å². The van der Waals surface area contributed by atoms with Crippen molar-refractivity contribution in [1.29, 1.82) is 0 Å². The summed E-state index contributed by atoms with van der Waals surface area (Å²) in [6.45, 7) is 1.06. The number of fused-ring (bicyclic) bond motifs is 1. The molecule has 80 valence electrons. The second-order valence-electron chi connectivity index (χ2n) is 4.50. The van der Waals surface area contributed by atoms with Gasteiger partial charge in [-0.05, 0) is 32.2 Å². The first-order chi connectivity index (χ1) is 6.79. The molecule has 1 aliphatic carbocycles. The van der Waals surface area contributed by atoms with Gasteiger partial charge in [0.2, 0.25) is 0 Å². The maximum atomic E-state index is 11.9. The topological polar surface area (TPSA) is 38.3 Å². The summed E-state index contributed by atoms with van der Waals surface area (Å²) in [7, 11) is 1.51. The maximum absolute atomic E-state index is 11.9. The SMILES string of the molecule is COC(=O)C12CCCCC1NCCC2. The van der Waals surface area contributed by atoms with Gasteiger partial charge >= 0.3 is 5.97 Å². The molecule has 2 unspecified atom stereocenters. The number of piperidine rings is 1. The molecule has 0 spiro atoms. The van der Waals surface area contributed by atoms with E-state index in [4.69, 9.17) is 4.74 Å². The summed E-state index contributed by atoms with van der Waals surface area (Å²) in [5.41, 5.74) is -0.189. The lowest BCUT2D eigenvalue weighted by atomic mass is 9.66. The molecule has 0 aromatic heterocycles. The number of methoxy groups -OCH3 is 1. The molecule has 1 aliphatic heterocycles. The minimum Gasteiger partial charge on any atom is -0.469 e. The zero-order valence-corrected chi connectivity index (χ0v) is 8.84. The fraction of sp³-hybridized carbons (Fsp3) is 0.909. The van der Waals surface area contributed by atoms with E-state index in [1.165, 1.54) is 20.0 Å². The first-order valence-corrected chi connectivity index (χ1v) is 5.61. The van der Waals surface area contributed by atoms with Crippen molar-refractivity contribution in [2.24, 2.45) is 5.41 Å². The third kappa shape index (κ3) is 1.44. The summed E-state index contributed by atoms with van der Waals surface area (Å²) in [6.07, 6.45) is 6.68. The summed E-state index contributed by atoms with van der Waals surface area (Å²) in [6, 6.07) is 0.373. The average molecular weight is 197 g/mol. The predicted molar refractivity (Wildman–Crippen MR) is 53.9 cm³/mol. The monoisotopic (exact) mass is 197 g/mol. The van der Waals surface area contributed by atoms with Crippen molar-refractivity contribution in [1.82, 2.24) is 5.32 Å². The summed E-state index contributed by atoms with van der Waals surface area (Å²) in [4.78, 5) is 11.9. The Morgan fingerprint density at radius 3 is 2.93 bits per heavy atom. The van der Waals surface area contributed by atoms with E-state index in [1.807, 2.05) is 0 Å². The van der Waals surface area contributed by atoms with Crippen molar-refractivity contribution < 1.29 is 9.53 Å². The first-order valence-electron chi connectivity index (χ1n) is 5.61. The van der Waals surface area contributed by atoms with Gasteiger partial charge in [-0.2, -0.15) is 0 Å². The van der Waals surface area contributed by atoms with Crippen LogP contribution in [-0.4, -0.2) is 25.7 Å². The molecular formula is C11H19NO2. The van der Waals surface area contributed by atoms with Crippen LogP contribution in [0.1, 0.15) is 38.5 Å². The predicted octanol–water partition coefficient (Wildman–Crippen LogP) is 1.47. The Labute approximate surface area is 85.2 Å². The van der Waals surface area contributed by atoms with Crippen LogP contribution in [0.5, 0.6) is 0 Å². The molecule has 14 heavy (non-hydrogen) atoms. The molecule has 1 N–H and O–H groups in total. The molecule has 0 radical (unpaired) electrons. The number of hydrogen-bond acceptors (Lipinski definition) is 3. The molecule has 0 aromatic carbocycles. The van der Waals surface area contributed by atoms with E-state index in [2.05, 4.69) is 5.32 Å². The average Bonchev–Trinajstić information content (AvgIpc) is 2.28. The Morgan fingerprint density at radius 1 is 1.36 bits per heavy atom. The van der Waals surface area contributed by atoms with Crippen LogP contribution in [0.15, 0.2) is 0 Å². The number of esters is 1. The van der Waals surface area contributed by atoms with Crippen molar-refractivity contribution in [3.05, 3.63) is 0 Å². The Kier molecular flexibility index (Phi) is 2.77. The Balaban J connectivity index is 2.20. The van der Waals surface area contributed by atoms with Crippen molar-refractivity contribution in [2.45, 2.75) is 44.6 Å². The van der Waals surface area contributed by atoms with Crippen molar-refractivity contribution in [3.63, 3.8) is 0 Å². The van der Waals surface area contributed by atoms with Crippen LogP contribution in [0, 0.1) is 5.41 Å². The molecule has 2 aliphatic rings. The Hall–Kier alpha value is -0.570. The van der Waals surface area contributed by atoms with Gasteiger partial charge in [-0.3, -0.25) is 4.79 Å². The van der Waals surface area contributed by atoms with Crippen LogP contribution >= 0.6 is 0 Å². The van der Waals surface area contributed by atoms with E-state index in [0.717, 1.165) is 32.2 Å². The van der Waals surface area contributed by atoms with Crippen molar-refractivity contribution in [2.75, 3.05) is 13.7 Å². The minimum absolute atomic E-state index is 0.00870. The van der Waals surface area contributed by atoms with Gasteiger partial charge in [-0.1, -0.05) is 12.8 Å². The van der Waals surface area contributed by atoms with E-state index in [9.17, 15) is 4.79 Å². The third-order valence-corrected chi connectivity index (χ3v) is 3.82. The molecule has 2 rings (SSSR count). The zero-order valence-electron chi connectivity index (χ0n) is 8.84. The first kappa shape index (κ1) is 9.97. The molecule has 3 nitrogen and oxygen atoms in total. The number of carbonyl (C=O) groups excluding carboxylic acids is 1. The highest BCUT2D eigenvalue weighted by Gasteiger charge is 2.48. The number of hydrogen-bond donors (Lipinski definition) is 1. The molecule has 2 atom stereocenters. The van der Waals surface area contributed by atoms with Crippen LogP contribution in [0.2, 0.25) is 0 Å². The normalized spacial score (nSPS) is 37.4. The molecular weight excluding hydrogens is 178 g/mol. The van der Waals surface area contributed by atoms with Gasteiger partial charge in [0.1, 0.15) is 0 Å². The summed E-state index contributed by atoms with van der Waals surface area (Å²) >= 11 is 0. The van der Waals surface area contributed by atoms with Crippen molar-refractivity contribution >= 4 is 5.97 Å². The molecule has 0 aromatic rings. The lowest BCUT2D eigenvalue weighted by Crippen LogP contribution is -2.55. The fourth-order valence-corrected chi connectivity index (χ4v) is 3.07. The third-order valence-electron chi connectivity index (χ3n) is 3.82. The Morgan fingerprint density at radius 2 is 2.14 bits per heavy atom. The van der Waals surface area contributed by atoms with E-state index < -0.39 is 0 Å². The number of rotatable bonds is 1. The van der Waals surface area contributed by atoms with E-state index in [-0.39, 0.29) is 11.4 Å². The van der Waals surface area contributed by atoms with Crippen LogP contribution in [0.25, 0.3) is 0 Å². The van der Waals surface area contributed by atoms with E-state index in [1.54, 1.807) is 0 Å². The second-order valence-corrected chi connectivity index (χ2v) is 4.50. The van der Waals surface area contributed by atoms with Gasteiger partial charge in [0, 0.05) is 6.04 Å². The molecule has 0 bridgehead atoms. The molecule has 3 heteroatoms. The molecule has 2 fully saturated rings. The highest BCUT2D eigenvalue weighted by atomic mass is 16.5. The van der Waals surface area contributed by atoms with Gasteiger partial charge in [-0.25, -0.2) is 0 Å². The highest BCUT2D eigenvalue weighted by Crippen LogP contribution is 2.43. The lowest BCUT2D eigenvalue weighted by molar-refractivity contribution is -0.159. The standard InChI is InChI=1S/C11H19NO2/c1-14-10(13)11-6-3-2-5-9(11)12-8-4-7-11/h9,12H,2-8H2,1H3. The molecule has 1 saturated carbocycles. The number of nitrogens with one attached hydrogen (secondary N) is 1. The smallest absolute Gasteiger partial charge is 0.313 e. The van der Waals surface area contributed by atoms with Gasteiger partial charge in [0.15, 0.2) is 0 Å².